The summed E-state index contributed by atoms with van der Waals surface area (Å²) in [4.78, 5) is 1.59. The quantitative estimate of drug-likeness (QED) is 0.755. The molecule has 2 rings (SSSR count). The summed E-state index contributed by atoms with van der Waals surface area (Å²) in [5.74, 6) is -2.61. The van der Waals surface area contributed by atoms with E-state index in [1.54, 1.807) is 23.1 Å². The number of nitrogens with two attached hydrogens (primary N) is 1. The van der Waals surface area contributed by atoms with Crippen LogP contribution in [0.1, 0.15) is 6.42 Å². The van der Waals surface area contributed by atoms with Crippen LogP contribution in [0.15, 0.2) is 18.2 Å². The van der Waals surface area contributed by atoms with E-state index in [-0.39, 0.29) is 13.0 Å². The minimum atomic E-state index is -2.61. The zero-order valence-corrected chi connectivity index (χ0v) is 8.77. The number of rotatable bonds is 1. The normalized spacial score (nSPS) is 19.5. The largest absolute Gasteiger partial charge is 0.397 e. The molecule has 0 spiro atoms. The van der Waals surface area contributed by atoms with Gasteiger partial charge in [0.1, 0.15) is 0 Å². The molecular weight excluding hydrogens is 222 g/mol. The van der Waals surface area contributed by atoms with E-state index in [2.05, 4.69) is 0 Å². The predicted molar refractivity (Wildman–Crippen MR) is 57.6 cm³/mol. The SMILES string of the molecule is Nc1cc(Cl)ccc1N1CCC(F)(F)C1. The number of nitrogens with zero attached hydrogens (tertiary/aromatic N) is 1. The van der Waals surface area contributed by atoms with Gasteiger partial charge in [0.15, 0.2) is 0 Å². The second kappa shape index (κ2) is 3.52. The van der Waals surface area contributed by atoms with Crippen molar-refractivity contribution in [3.05, 3.63) is 23.2 Å². The Bertz CT molecular complexity index is 382. The molecule has 0 aromatic heterocycles. The summed E-state index contributed by atoms with van der Waals surface area (Å²) in [6, 6.07) is 4.91. The Labute approximate surface area is 91.6 Å². The molecule has 0 unspecified atom stereocenters. The van der Waals surface area contributed by atoms with Gasteiger partial charge in [-0.2, -0.15) is 0 Å². The van der Waals surface area contributed by atoms with Crippen molar-refractivity contribution in [3.63, 3.8) is 0 Å². The van der Waals surface area contributed by atoms with Gasteiger partial charge < -0.3 is 10.6 Å². The van der Waals surface area contributed by atoms with Crippen molar-refractivity contribution in [1.29, 1.82) is 0 Å². The zero-order valence-electron chi connectivity index (χ0n) is 8.01. The summed E-state index contributed by atoms with van der Waals surface area (Å²) >= 11 is 5.73. The Morgan fingerprint density at radius 3 is 2.67 bits per heavy atom. The number of benzene rings is 1. The van der Waals surface area contributed by atoms with E-state index in [0.717, 1.165) is 0 Å². The molecule has 0 aliphatic carbocycles. The molecule has 0 bridgehead atoms. The summed E-state index contributed by atoms with van der Waals surface area (Å²) in [5, 5.41) is 0.516. The summed E-state index contributed by atoms with van der Waals surface area (Å²) in [7, 11) is 0. The molecule has 1 aliphatic heterocycles. The van der Waals surface area contributed by atoms with Crippen LogP contribution in [0.5, 0.6) is 0 Å². The average molecular weight is 233 g/mol. The summed E-state index contributed by atoms with van der Waals surface area (Å²) in [6.45, 7) is 0.0671. The number of halogens is 3. The van der Waals surface area contributed by atoms with Gasteiger partial charge in [0.05, 0.1) is 17.9 Å². The van der Waals surface area contributed by atoms with E-state index in [0.29, 0.717) is 22.9 Å². The molecule has 0 saturated carbocycles. The average Bonchev–Trinajstić information content (AvgIpc) is 2.46. The fraction of sp³-hybridized carbons (Fsp3) is 0.400. The molecule has 1 aliphatic rings. The Morgan fingerprint density at radius 1 is 1.40 bits per heavy atom. The second-order valence-corrected chi connectivity index (χ2v) is 4.17. The summed E-state index contributed by atoms with van der Waals surface area (Å²) in [6.07, 6.45) is -0.116. The van der Waals surface area contributed by atoms with Crippen LogP contribution in [0.4, 0.5) is 20.2 Å². The van der Waals surface area contributed by atoms with Gasteiger partial charge in [-0.05, 0) is 18.2 Å². The van der Waals surface area contributed by atoms with Crippen LogP contribution < -0.4 is 10.6 Å². The molecule has 82 valence electrons. The zero-order chi connectivity index (χ0) is 11.1. The fourth-order valence-electron chi connectivity index (χ4n) is 1.75. The van der Waals surface area contributed by atoms with Gasteiger partial charge >= 0.3 is 0 Å². The van der Waals surface area contributed by atoms with Gasteiger partial charge in [-0.1, -0.05) is 11.6 Å². The molecule has 1 aromatic rings. The van der Waals surface area contributed by atoms with Gasteiger partial charge in [0, 0.05) is 18.0 Å². The number of hydrogen-bond donors (Lipinski definition) is 1. The van der Waals surface area contributed by atoms with Crippen molar-refractivity contribution in [3.8, 4) is 0 Å². The molecule has 1 saturated heterocycles. The standard InChI is InChI=1S/C10H11ClF2N2/c11-7-1-2-9(8(14)5-7)15-4-3-10(12,13)6-15/h1-2,5H,3-4,6,14H2. The number of hydrogen-bond acceptors (Lipinski definition) is 2. The van der Waals surface area contributed by atoms with Crippen LogP contribution >= 0.6 is 11.6 Å². The molecule has 0 radical (unpaired) electrons. The van der Waals surface area contributed by atoms with Crippen LogP contribution in [0.3, 0.4) is 0 Å². The van der Waals surface area contributed by atoms with Crippen LogP contribution in [0.25, 0.3) is 0 Å². The highest BCUT2D eigenvalue weighted by Gasteiger charge is 2.38. The fourth-order valence-corrected chi connectivity index (χ4v) is 1.94. The lowest BCUT2D eigenvalue weighted by molar-refractivity contribution is 0.0257. The van der Waals surface area contributed by atoms with Gasteiger partial charge in [-0.25, -0.2) is 8.78 Å². The maximum atomic E-state index is 13.0. The lowest BCUT2D eigenvalue weighted by atomic mass is 10.2. The van der Waals surface area contributed by atoms with E-state index in [9.17, 15) is 8.78 Å². The minimum Gasteiger partial charge on any atom is -0.397 e. The third kappa shape index (κ3) is 2.15. The van der Waals surface area contributed by atoms with Gasteiger partial charge in [-0.15, -0.1) is 0 Å². The molecule has 1 heterocycles. The topological polar surface area (TPSA) is 29.3 Å². The number of alkyl halides is 2. The first-order valence-electron chi connectivity index (χ1n) is 4.66. The Kier molecular flexibility index (Phi) is 2.46. The summed E-state index contributed by atoms with van der Waals surface area (Å²) in [5.41, 5.74) is 6.80. The van der Waals surface area contributed by atoms with E-state index in [1.165, 1.54) is 0 Å². The van der Waals surface area contributed by atoms with Crippen LogP contribution in [0.2, 0.25) is 5.02 Å². The van der Waals surface area contributed by atoms with E-state index in [4.69, 9.17) is 17.3 Å². The van der Waals surface area contributed by atoms with Gasteiger partial charge in [0.25, 0.3) is 5.92 Å². The van der Waals surface area contributed by atoms with Crippen molar-refractivity contribution in [2.24, 2.45) is 0 Å². The maximum Gasteiger partial charge on any atom is 0.266 e. The van der Waals surface area contributed by atoms with Crippen molar-refractivity contribution < 1.29 is 8.78 Å². The molecular formula is C10H11ClF2N2. The maximum absolute atomic E-state index is 13.0. The Morgan fingerprint density at radius 2 is 2.13 bits per heavy atom. The van der Waals surface area contributed by atoms with Gasteiger partial charge in [0.2, 0.25) is 0 Å². The van der Waals surface area contributed by atoms with Crippen LogP contribution in [-0.2, 0) is 0 Å². The van der Waals surface area contributed by atoms with Crippen molar-refractivity contribution in [2.75, 3.05) is 23.7 Å². The molecule has 0 amide bonds. The third-order valence-corrected chi connectivity index (χ3v) is 2.74. The molecule has 2 N–H and O–H groups in total. The highest BCUT2D eigenvalue weighted by atomic mass is 35.5. The third-order valence-electron chi connectivity index (χ3n) is 2.50. The second-order valence-electron chi connectivity index (χ2n) is 3.73. The van der Waals surface area contributed by atoms with E-state index in [1.807, 2.05) is 0 Å². The summed E-state index contributed by atoms with van der Waals surface area (Å²) < 4.78 is 26.0. The van der Waals surface area contributed by atoms with Gasteiger partial charge in [-0.3, -0.25) is 0 Å². The Balaban J connectivity index is 2.24. The Hall–Kier alpha value is -1.03. The van der Waals surface area contributed by atoms with Crippen molar-refractivity contribution in [2.45, 2.75) is 12.3 Å². The van der Waals surface area contributed by atoms with Crippen LogP contribution in [-0.4, -0.2) is 19.0 Å². The highest BCUT2D eigenvalue weighted by Crippen LogP contribution is 2.34. The highest BCUT2D eigenvalue weighted by molar-refractivity contribution is 6.31. The number of nitrogen functional groups attached to an aromatic ring is 1. The molecule has 5 heteroatoms. The van der Waals surface area contributed by atoms with E-state index < -0.39 is 5.92 Å². The first-order chi connectivity index (χ1) is 6.98. The first-order valence-corrected chi connectivity index (χ1v) is 5.03. The molecule has 1 aromatic carbocycles. The monoisotopic (exact) mass is 232 g/mol. The van der Waals surface area contributed by atoms with Crippen molar-refractivity contribution >= 4 is 23.0 Å². The lowest BCUT2D eigenvalue weighted by Crippen LogP contribution is -2.25. The minimum absolute atomic E-state index is 0.116. The van der Waals surface area contributed by atoms with Crippen molar-refractivity contribution in [1.82, 2.24) is 0 Å². The lowest BCUT2D eigenvalue weighted by Gasteiger charge is -2.20. The molecule has 2 nitrogen and oxygen atoms in total. The number of anilines is 2. The molecule has 0 atom stereocenters. The molecule has 1 fully saturated rings. The first kappa shape index (κ1) is 10.5. The van der Waals surface area contributed by atoms with Crippen LogP contribution in [0, 0.1) is 0 Å². The van der Waals surface area contributed by atoms with E-state index >= 15 is 0 Å². The smallest absolute Gasteiger partial charge is 0.266 e. The predicted octanol–water partition coefficient (Wildman–Crippen LogP) is 2.77. The molecule has 15 heavy (non-hydrogen) atoms.